The Morgan fingerprint density at radius 1 is 0.750 bits per heavy atom. The predicted octanol–water partition coefficient (Wildman–Crippen LogP) is 2.91. The zero-order valence-electron chi connectivity index (χ0n) is 8.86. The molecule has 82 valence electrons. The van der Waals surface area contributed by atoms with Crippen molar-refractivity contribution in [1.82, 2.24) is 0 Å². The maximum Gasteiger partial charge on any atom is 0.123 e. The lowest BCUT2D eigenvalue weighted by Crippen LogP contribution is -1.89. The lowest BCUT2D eigenvalue weighted by Gasteiger charge is -2.03. The molecule has 0 atom stereocenters. The average molecular weight is 216 g/mol. The SMILES string of the molecule is OCc1ccc(Cc2ccc(F)cc2)cc1. The number of aliphatic hydroxyl groups is 1. The molecule has 2 rings (SSSR count). The molecule has 2 heteroatoms. The molecule has 0 fully saturated rings. The van der Waals surface area contributed by atoms with Crippen LogP contribution in [0.25, 0.3) is 0 Å². The molecule has 0 aliphatic rings. The molecule has 0 radical (unpaired) electrons. The molecular weight excluding hydrogens is 203 g/mol. The summed E-state index contributed by atoms with van der Waals surface area (Å²) in [7, 11) is 0. The third-order valence-electron chi connectivity index (χ3n) is 2.53. The molecule has 0 aromatic heterocycles. The van der Waals surface area contributed by atoms with Crippen LogP contribution >= 0.6 is 0 Å². The van der Waals surface area contributed by atoms with Crippen LogP contribution in [0.4, 0.5) is 4.39 Å². The number of rotatable bonds is 3. The first-order valence-corrected chi connectivity index (χ1v) is 5.21. The van der Waals surface area contributed by atoms with Crippen molar-refractivity contribution in [2.24, 2.45) is 0 Å². The van der Waals surface area contributed by atoms with E-state index in [0.717, 1.165) is 23.1 Å². The quantitative estimate of drug-likeness (QED) is 0.836. The van der Waals surface area contributed by atoms with Gasteiger partial charge in [0.2, 0.25) is 0 Å². The molecule has 2 aromatic carbocycles. The topological polar surface area (TPSA) is 20.2 Å². The smallest absolute Gasteiger partial charge is 0.123 e. The molecule has 16 heavy (non-hydrogen) atoms. The monoisotopic (exact) mass is 216 g/mol. The van der Waals surface area contributed by atoms with E-state index in [1.54, 1.807) is 12.1 Å². The fourth-order valence-corrected chi connectivity index (χ4v) is 1.60. The number of hydrogen-bond donors (Lipinski definition) is 1. The summed E-state index contributed by atoms with van der Waals surface area (Å²) in [4.78, 5) is 0. The number of halogens is 1. The molecule has 1 nitrogen and oxygen atoms in total. The molecule has 0 spiro atoms. The minimum absolute atomic E-state index is 0.0663. The number of aliphatic hydroxyl groups excluding tert-OH is 1. The third kappa shape index (κ3) is 2.67. The Morgan fingerprint density at radius 3 is 1.69 bits per heavy atom. The zero-order chi connectivity index (χ0) is 11.4. The molecular formula is C14H13FO. The van der Waals surface area contributed by atoms with Crippen molar-refractivity contribution in [3.8, 4) is 0 Å². The first kappa shape index (κ1) is 10.8. The van der Waals surface area contributed by atoms with Gasteiger partial charge in [-0.2, -0.15) is 0 Å². The van der Waals surface area contributed by atoms with Crippen LogP contribution < -0.4 is 0 Å². The molecule has 0 aliphatic heterocycles. The Labute approximate surface area is 94.2 Å². The summed E-state index contributed by atoms with van der Waals surface area (Å²) in [6.45, 7) is 0.0663. The molecule has 0 bridgehead atoms. The van der Waals surface area contributed by atoms with Crippen LogP contribution in [0.3, 0.4) is 0 Å². The maximum absolute atomic E-state index is 12.7. The van der Waals surface area contributed by atoms with E-state index in [1.807, 2.05) is 24.3 Å². The minimum Gasteiger partial charge on any atom is -0.392 e. The van der Waals surface area contributed by atoms with E-state index in [0.29, 0.717) is 0 Å². The molecule has 0 saturated carbocycles. The van der Waals surface area contributed by atoms with Gasteiger partial charge in [-0.3, -0.25) is 0 Å². The lowest BCUT2D eigenvalue weighted by molar-refractivity contribution is 0.282. The molecule has 1 N–H and O–H groups in total. The largest absolute Gasteiger partial charge is 0.392 e. The average Bonchev–Trinajstić information content (AvgIpc) is 2.33. The summed E-state index contributed by atoms with van der Waals surface area (Å²) < 4.78 is 12.7. The van der Waals surface area contributed by atoms with Gasteiger partial charge >= 0.3 is 0 Å². The lowest BCUT2D eigenvalue weighted by atomic mass is 10.0. The first-order valence-electron chi connectivity index (χ1n) is 5.21. The Morgan fingerprint density at radius 2 is 1.19 bits per heavy atom. The highest BCUT2D eigenvalue weighted by molar-refractivity contribution is 5.28. The van der Waals surface area contributed by atoms with Gasteiger partial charge in [-0.05, 0) is 35.2 Å². The highest BCUT2D eigenvalue weighted by Crippen LogP contribution is 2.11. The van der Waals surface area contributed by atoms with Gasteiger partial charge in [0.05, 0.1) is 6.61 Å². The van der Waals surface area contributed by atoms with E-state index in [4.69, 9.17) is 5.11 Å². The Kier molecular flexibility index (Phi) is 3.32. The summed E-state index contributed by atoms with van der Waals surface area (Å²) in [6.07, 6.45) is 0.784. The minimum atomic E-state index is -0.209. The fraction of sp³-hybridized carbons (Fsp3) is 0.143. The van der Waals surface area contributed by atoms with Crippen molar-refractivity contribution < 1.29 is 9.50 Å². The molecule has 0 unspecified atom stereocenters. The van der Waals surface area contributed by atoms with Crippen LogP contribution in [0.2, 0.25) is 0 Å². The normalized spacial score (nSPS) is 10.4. The van der Waals surface area contributed by atoms with Crippen molar-refractivity contribution in [2.75, 3.05) is 0 Å². The van der Waals surface area contributed by atoms with Gasteiger partial charge in [0.15, 0.2) is 0 Å². The van der Waals surface area contributed by atoms with E-state index < -0.39 is 0 Å². The Bertz CT molecular complexity index is 445. The molecule has 0 amide bonds. The van der Waals surface area contributed by atoms with Gasteiger partial charge in [0.1, 0.15) is 5.82 Å². The Hall–Kier alpha value is -1.67. The number of benzene rings is 2. The first-order chi connectivity index (χ1) is 7.78. The van der Waals surface area contributed by atoms with Gasteiger partial charge < -0.3 is 5.11 Å². The molecule has 0 heterocycles. The molecule has 0 saturated heterocycles. The zero-order valence-corrected chi connectivity index (χ0v) is 8.86. The fourth-order valence-electron chi connectivity index (χ4n) is 1.60. The van der Waals surface area contributed by atoms with Crippen molar-refractivity contribution >= 4 is 0 Å². The van der Waals surface area contributed by atoms with Crippen molar-refractivity contribution in [2.45, 2.75) is 13.0 Å². The van der Waals surface area contributed by atoms with Gasteiger partial charge in [0.25, 0.3) is 0 Å². The Balaban J connectivity index is 2.11. The molecule has 0 aliphatic carbocycles. The van der Waals surface area contributed by atoms with Crippen LogP contribution in [-0.2, 0) is 13.0 Å². The van der Waals surface area contributed by atoms with Gasteiger partial charge in [0, 0.05) is 0 Å². The van der Waals surface area contributed by atoms with E-state index in [-0.39, 0.29) is 12.4 Å². The maximum atomic E-state index is 12.7. The van der Waals surface area contributed by atoms with Crippen LogP contribution in [0.15, 0.2) is 48.5 Å². The van der Waals surface area contributed by atoms with E-state index in [9.17, 15) is 4.39 Å². The highest BCUT2D eigenvalue weighted by Gasteiger charge is 1.97. The van der Waals surface area contributed by atoms with Crippen molar-refractivity contribution in [1.29, 1.82) is 0 Å². The summed E-state index contributed by atoms with van der Waals surface area (Å²) in [5.41, 5.74) is 3.14. The third-order valence-corrected chi connectivity index (χ3v) is 2.53. The predicted molar refractivity (Wildman–Crippen MR) is 61.6 cm³/mol. The second kappa shape index (κ2) is 4.90. The highest BCUT2D eigenvalue weighted by atomic mass is 19.1. The van der Waals surface area contributed by atoms with Crippen LogP contribution in [0.1, 0.15) is 16.7 Å². The van der Waals surface area contributed by atoms with E-state index in [2.05, 4.69) is 0 Å². The van der Waals surface area contributed by atoms with Gasteiger partial charge in [-0.25, -0.2) is 4.39 Å². The van der Waals surface area contributed by atoms with Crippen molar-refractivity contribution in [3.63, 3.8) is 0 Å². The van der Waals surface area contributed by atoms with Gasteiger partial charge in [-0.15, -0.1) is 0 Å². The van der Waals surface area contributed by atoms with E-state index >= 15 is 0 Å². The summed E-state index contributed by atoms with van der Waals surface area (Å²) in [6, 6.07) is 14.3. The van der Waals surface area contributed by atoms with E-state index in [1.165, 1.54) is 12.1 Å². The second-order valence-corrected chi connectivity index (χ2v) is 3.78. The summed E-state index contributed by atoms with van der Waals surface area (Å²) in [5.74, 6) is -0.209. The van der Waals surface area contributed by atoms with Crippen LogP contribution in [0, 0.1) is 5.82 Å². The van der Waals surface area contributed by atoms with Crippen LogP contribution in [0.5, 0.6) is 0 Å². The van der Waals surface area contributed by atoms with Crippen LogP contribution in [-0.4, -0.2) is 5.11 Å². The van der Waals surface area contributed by atoms with Gasteiger partial charge in [-0.1, -0.05) is 36.4 Å². The number of hydrogen-bond acceptors (Lipinski definition) is 1. The summed E-state index contributed by atoms with van der Waals surface area (Å²) >= 11 is 0. The van der Waals surface area contributed by atoms with Crippen molar-refractivity contribution in [3.05, 3.63) is 71.0 Å². The standard InChI is InChI=1S/C14H13FO/c15-14-7-5-12(6-8-14)9-11-1-3-13(10-16)4-2-11/h1-8,16H,9-10H2. The molecule has 2 aromatic rings. The summed E-state index contributed by atoms with van der Waals surface area (Å²) in [5, 5.41) is 8.91. The second-order valence-electron chi connectivity index (χ2n) is 3.78.